The number of rotatable bonds is 3. The molecule has 0 bridgehead atoms. The first-order valence-corrected chi connectivity index (χ1v) is 6.42. The summed E-state index contributed by atoms with van der Waals surface area (Å²) in [6.07, 6.45) is 1.28. The quantitative estimate of drug-likeness (QED) is 0.651. The average molecular weight is 302 g/mol. The molecule has 0 saturated heterocycles. The number of aromatic nitrogens is 2. The predicted molar refractivity (Wildman–Crippen MR) is 78.1 cm³/mol. The van der Waals surface area contributed by atoms with Crippen LogP contribution < -0.4 is 22.1 Å². The molecule has 0 atom stereocenters. The lowest BCUT2D eigenvalue weighted by Gasteiger charge is -2.09. The van der Waals surface area contributed by atoms with Gasteiger partial charge in [-0.25, -0.2) is 4.79 Å². The summed E-state index contributed by atoms with van der Waals surface area (Å²) >= 11 is 0. The Kier molecular flexibility index (Phi) is 4.52. The predicted octanol–water partition coefficient (Wildman–Crippen LogP) is -0.694. The minimum atomic E-state index is -0.694. The standard InChI is InChI=1S/C14H14N4O4/c1-9-7-18(14(22)15-12(9)20)8-11(19)16-17-13(21)10-5-3-2-4-6-10/h2-7H,8H2,1H3,(H,16,19)(H,17,21)(H,15,20,22). The van der Waals surface area contributed by atoms with Crippen molar-refractivity contribution < 1.29 is 9.59 Å². The number of carbonyl (C=O) groups is 2. The second-order valence-electron chi connectivity index (χ2n) is 4.57. The smallest absolute Gasteiger partial charge is 0.291 e. The van der Waals surface area contributed by atoms with Crippen LogP contribution in [0.25, 0.3) is 0 Å². The van der Waals surface area contributed by atoms with Gasteiger partial charge in [0.1, 0.15) is 6.54 Å². The van der Waals surface area contributed by atoms with E-state index < -0.39 is 23.1 Å². The van der Waals surface area contributed by atoms with Gasteiger partial charge in [0.2, 0.25) is 0 Å². The van der Waals surface area contributed by atoms with Gasteiger partial charge in [-0.15, -0.1) is 0 Å². The lowest BCUT2D eigenvalue weighted by Crippen LogP contribution is -2.44. The highest BCUT2D eigenvalue weighted by molar-refractivity contribution is 5.95. The van der Waals surface area contributed by atoms with Crippen LogP contribution in [0.2, 0.25) is 0 Å². The van der Waals surface area contributed by atoms with Gasteiger partial charge in [-0.3, -0.25) is 34.8 Å². The van der Waals surface area contributed by atoms with E-state index in [2.05, 4.69) is 15.8 Å². The van der Waals surface area contributed by atoms with Crippen molar-refractivity contribution in [2.24, 2.45) is 0 Å². The lowest BCUT2D eigenvalue weighted by molar-refractivity contribution is -0.122. The van der Waals surface area contributed by atoms with E-state index >= 15 is 0 Å². The largest absolute Gasteiger partial charge is 0.328 e. The molecule has 1 aromatic carbocycles. The van der Waals surface area contributed by atoms with Gasteiger partial charge in [0.15, 0.2) is 0 Å². The SMILES string of the molecule is Cc1cn(CC(=O)NNC(=O)c2ccccc2)c(=O)[nH]c1=O. The molecule has 1 aromatic heterocycles. The first-order chi connectivity index (χ1) is 10.5. The zero-order chi connectivity index (χ0) is 16.1. The number of benzene rings is 1. The molecular formula is C14H14N4O4. The summed E-state index contributed by atoms with van der Waals surface area (Å²) in [4.78, 5) is 48.3. The van der Waals surface area contributed by atoms with Crippen LogP contribution in [0.15, 0.2) is 46.1 Å². The van der Waals surface area contributed by atoms with Gasteiger partial charge in [-0.05, 0) is 19.1 Å². The van der Waals surface area contributed by atoms with Gasteiger partial charge in [0.25, 0.3) is 17.4 Å². The van der Waals surface area contributed by atoms with E-state index in [0.29, 0.717) is 11.1 Å². The zero-order valence-electron chi connectivity index (χ0n) is 11.8. The van der Waals surface area contributed by atoms with Crippen molar-refractivity contribution in [2.45, 2.75) is 13.5 Å². The first kappa shape index (κ1) is 15.2. The van der Waals surface area contributed by atoms with Crippen molar-refractivity contribution in [1.29, 1.82) is 0 Å². The molecule has 22 heavy (non-hydrogen) atoms. The van der Waals surface area contributed by atoms with Gasteiger partial charge < -0.3 is 0 Å². The number of aryl methyl sites for hydroxylation is 1. The van der Waals surface area contributed by atoms with E-state index in [1.165, 1.54) is 13.1 Å². The number of aromatic amines is 1. The van der Waals surface area contributed by atoms with Gasteiger partial charge >= 0.3 is 5.69 Å². The second-order valence-corrected chi connectivity index (χ2v) is 4.57. The summed E-state index contributed by atoms with van der Waals surface area (Å²) < 4.78 is 1.04. The molecule has 0 saturated carbocycles. The molecule has 8 heteroatoms. The molecule has 0 aliphatic heterocycles. The Labute approximate surface area is 124 Å². The maximum atomic E-state index is 11.7. The zero-order valence-corrected chi connectivity index (χ0v) is 11.8. The number of nitrogens with zero attached hydrogens (tertiary/aromatic N) is 1. The van der Waals surface area contributed by atoms with Crippen LogP contribution in [-0.2, 0) is 11.3 Å². The fraction of sp³-hybridized carbons (Fsp3) is 0.143. The van der Waals surface area contributed by atoms with Crippen LogP contribution in [0, 0.1) is 6.92 Å². The summed E-state index contributed by atoms with van der Waals surface area (Å²) in [6.45, 7) is 1.19. The topological polar surface area (TPSA) is 113 Å². The van der Waals surface area contributed by atoms with Crippen molar-refractivity contribution in [3.8, 4) is 0 Å². The maximum absolute atomic E-state index is 11.7. The molecule has 0 fully saturated rings. The molecule has 0 spiro atoms. The minimum absolute atomic E-state index is 0.306. The average Bonchev–Trinajstić information content (AvgIpc) is 2.51. The highest BCUT2D eigenvalue weighted by atomic mass is 16.2. The normalized spacial score (nSPS) is 10.0. The van der Waals surface area contributed by atoms with E-state index in [1.807, 2.05) is 0 Å². The van der Waals surface area contributed by atoms with Crippen LogP contribution in [0.5, 0.6) is 0 Å². The van der Waals surface area contributed by atoms with E-state index in [4.69, 9.17) is 0 Å². The highest BCUT2D eigenvalue weighted by Crippen LogP contribution is 1.96. The van der Waals surface area contributed by atoms with Crippen LogP contribution in [0.3, 0.4) is 0 Å². The molecule has 2 rings (SSSR count). The first-order valence-electron chi connectivity index (χ1n) is 6.42. The summed E-state index contributed by atoms with van der Waals surface area (Å²) in [6, 6.07) is 8.34. The van der Waals surface area contributed by atoms with E-state index in [-0.39, 0.29) is 6.54 Å². The fourth-order valence-electron chi connectivity index (χ4n) is 1.72. The van der Waals surface area contributed by atoms with E-state index in [0.717, 1.165) is 4.57 Å². The van der Waals surface area contributed by atoms with Gasteiger partial charge in [0, 0.05) is 17.3 Å². The number of H-pyrrole nitrogens is 1. The third kappa shape index (κ3) is 3.69. The molecule has 0 aliphatic carbocycles. The summed E-state index contributed by atoms with van der Waals surface area (Å²) in [5.41, 5.74) is 3.94. The van der Waals surface area contributed by atoms with E-state index in [9.17, 15) is 19.2 Å². The number of hydrazine groups is 1. The molecule has 0 radical (unpaired) electrons. The second kappa shape index (κ2) is 6.53. The van der Waals surface area contributed by atoms with Gasteiger partial charge in [0.05, 0.1) is 0 Å². The van der Waals surface area contributed by atoms with Crippen molar-refractivity contribution in [2.75, 3.05) is 0 Å². The molecule has 8 nitrogen and oxygen atoms in total. The Bertz CT molecular complexity index is 808. The number of carbonyl (C=O) groups excluding carboxylic acids is 2. The third-order valence-electron chi connectivity index (χ3n) is 2.85. The van der Waals surface area contributed by atoms with Crippen molar-refractivity contribution >= 4 is 11.8 Å². The molecule has 0 aliphatic rings. The lowest BCUT2D eigenvalue weighted by atomic mass is 10.2. The van der Waals surface area contributed by atoms with Crippen molar-refractivity contribution in [1.82, 2.24) is 20.4 Å². The van der Waals surface area contributed by atoms with Crippen LogP contribution in [-0.4, -0.2) is 21.4 Å². The summed E-state index contributed by atoms with van der Waals surface area (Å²) in [5, 5.41) is 0. The number of amides is 2. The Hall–Kier alpha value is -3.16. The Morgan fingerprint density at radius 1 is 1.14 bits per heavy atom. The molecule has 0 unspecified atom stereocenters. The number of nitrogens with one attached hydrogen (secondary N) is 3. The Morgan fingerprint density at radius 3 is 2.50 bits per heavy atom. The highest BCUT2D eigenvalue weighted by Gasteiger charge is 2.09. The molecular weight excluding hydrogens is 288 g/mol. The number of hydrogen-bond donors (Lipinski definition) is 3. The van der Waals surface area contributed by atoms with Gasteiger partial charge in [-0.1, -0.05) is 18.2 Å². The van der Waals surface area contributed by atoms with Crippen LogP contribution >= 0.6 is 0 Å². The fourth-order valence-corrected chi connectivity index (χ4v) is 1.72. The molecule has 2 amide bonds. The molecule has 114 valence electrons. The maximum Gasteiger partial charge on any atom is 0.328 e. The third-order valence-corrected chi connectivity index (χ3v) is 2.85. The van der Waals surface area contributed by atoms with Crippen LogP contribution in [0.1, 0.15) is 15.9 Å². The van der Waals surface area contributed by atoms with Gasteiger partial charge in [-0.2, -0.15) is 0 Å². The van der Waals surface area contributed by atoms with Crippen molar-refractivity contribution in [3.63, 3.8) is 0 Å². The summed E-state index contributed by atoms with van der Waals surface area (Å²) in [7, 11) is 0. The molecule has 1 heterocycles. The number of hydrogen-bond acceptors (Lipinski definition) is 4. The summed E-state index contributed by atoms with van der Waals surface area (Å²) in [5.74, 6) is -1.07. The molecule has 2 aromatic rings. The molecule has 3 N–H and O–H groups in total. The minimum Gasteiger partial charge on any atom is -0.291 e. The Morgan fingerprint density at radius 2 is 1.82 bits per heavy atom. The Balaban J connectivity index is 1.97. The van der Waals surface area contributed by atoms with E-state index in [1.54, 1.807) is 30.3 Å². The van der Waals surface area contributed by atoms with Crippen LogP contribution in [0.4, 0.5) is 0 Å². The monoisotopic (exact) mass is 302 g/mol. The van der Waals surface area contributed by atoms with Crippen molar-refractivity contribution in [3.05, 3.63) is 68.5 Å².